The molecule has 2 heterocycles. The maximum Gasteiger partial charge on any atom is 2.00 e. The Labute approximate surface area is 274 Å². The smallest absolute Gasteiger partial charge is 0.358 e. The molecule has 3 aromatic rings. The molecule has 232 valence electrons. The number of rotatable bonds is 5. The molecule has 0 aliphatic rings. The van der Waals surface area contributed by atoms with Crippen LogP contribution in [-0.4, -0.2) is 9.97 Å². The fourth-order valence-electron chi connectivity index (χ4n) is 3.64. The van der Waals surface area contributed by atoms with Crippen LogP contribution in [0.2, 0.25) is 0 Å². The molecule has 1 aromatic carbocycles. The zero-order chi connectivity index (χ0) is 29.6. The Kier molecular flexibility index (Phi) is 21.8. The minimum Gasteiger partial charge on any atom is -0.358 e. The second-order valence-electron chi connectivity index (χ2n) is 11.8. The Morgan fingerprint density at radius 3 is 1.21 bits per heavy atom. The number of hydrogen-bond acceptors (Lipinski definition) is 2. The number of pyridine rings is 2. The summed E-state index contributed by atoms with van der Waals surface area (Å²) < 4.78 is 0. The van der Waals surface area contributed by atoms with Crippen molar-refractivity contribution in [2.45, 2.75) is 86.5 Å². The molecule has 42 heavy (non-hydrogen) atoms. The molecule has 2 nitrogen and oxygen atoms in total. The van der Waals surface area contributed by atoms with E-state index in [-0.39, 0.29) is 46.7 Å². The van der Waals surface area contributed by atoms with Gasteiger partial charge in [0.2, 0.25) is 0 Å². The molecule has 0 bridgehead atoms. The summed E-state index contributed by atoms with van der Waals surface area (Å²) in [6.07, 6.45) is 16.7. The van der Waals surface area contributed by atoms with Crippen molar-refractivity contribution in [3.63, 3.8) is 0 Å². The van der Waals surface area contributed by atoms with Crippen LogP contribution in [0.1, 0.15) is 95.2 Å². The maximum absolute atomic E-state index is 4.48. The third-order valence-electron chi connectivity index (χ3n) is 6.21. The van der Waals surface area contributed by atoms with Crippen LogP contribution < -0.4 is 0 Å². The van der Waals surface area contributed by atoms with E-state index in [1.165, 1.54) is 39.8 Å². The zero-order valence-corrected chi connectivity index (χ0v) is 30.7. The van der Waals surface area contributed by atoms with E-state index < -0.39 is 0 Å². The van der Waals surface area contributed by atoms with Gasteiger partial charge in [-0.2, -0.15) is 0 Å². The van der Waals surface area contributed by atoms with Crippen molar-refractivity contribution in [2.24, 2.45) is 0 Å². The van der Waals surface area contributed by atoms with Crippen LogP contribution in [0.25, 0.3) is 23.5 Å². The van der Waals surface area contributed by atoms with Crippen molar-refractivity contribution in [1.29, 1.82) is 0 Å². The predicted molar refractivity (Wildman–Crippen MR) is 188 cm³/mol. The topological polar surface area (TPSA) is 25.8 Å². The Balaban J connectivity index is -0.000000632. The quantitative estimate of drug-likeness (QED) is 0.192. The van der Waals surface area contributed by atoms with Gasteiger partial charge in [-0.3, -0.25) is 9.97 Å². The maximum atomic E-state index is 4.48. The number of allylic oxidation sites excluding steroid dienone is 4. The van der Waals surface area contributed by atoms with Crippen LogP contribution in [0.15, 0.2) is 86.3 Å². The molecule has 0 aliphatic carbocycles. The average molecular weight is 748 g/mol. The van der Waals surface area contributed by atoms with Crippen LogP contribution in [0.4, 0.5) is 0 Å². The molecule has 0 saturated carbocycles. The van der Waals surface area contributed by atoms with Gasteiger partial charge in [-0.15, -0.1) is 0 Å². The molecule has 3 rings (SSSR count). The molecule has 0 fully saturated rings. The van der Waals surface area contributed by atoms with Gasteiger partial charge < -0.3 is 14.9 Å². The van der Waals surface area contributed by atoms with E-state index in [9.17, 15) is 0 Å². The third-order valence-corrected chi connectivity index (χ3v) is 6.21. The molecule has 3 heteroatoms. The van der Waals surface area contributed by atoms with E-state index in [0.717, 1.165) is 11.4 Å². The predicted octanol–water partition coefficient (Wildman–Crippen LogP) is 11.8. The van der Waals surface area contributed by atoms with Gasteiger partial charge in [0.05, 0.1) is 11.4 Å². The van der Waals surface area contributed by atoms with Crippen LogP contribution >= 0.6 is 0 Å². The minimum atomic E-state index is 0. The van der Waals surface area contributed by atoms with E-state index in [1.54, 1.807) is 12.2 Å². The first-order valence-electron chi connectivity index (χ1n) is 13.9. The van der Waals surface area contributed by atoms with Crippen molar-refractivity contribution in [3.8, 4) is 11.4 Å². The summed E-state index contributed by atoms with van der Waals surface area (Å²) in [5, 5.41) is 0. The Hall–Kier alpha value is -2.83. The Morgan fingerprint density at radius 1 is 0.643 bits per heavy atom. The number of benzene rings is 1. The van der Waals surface area contributed by atoms with Gasteiger partial charge in [-0.1, -0.05) is 124 Å². The first-order chi connectivity index (χ1) is 18.3. The van der Waals surface area contributed by atoms with Crippen molar-refractivity contribution in [2.75, 3.05) is 0 Å². The van der Waals surface area contributed by atoms with E-state index in [0.29, 0.717) is 0 Å². The largest absolute Gasteiger partial charge is 2.00 e. The van der Waals surface area contributed by atoms with Crippen LogP contribution in [0, 0.1) is 28.7 Å². The van der Waals surface area contributed by atoms with Crippen LogP contribution in [-0.2, 0) is 31.9 Å². The normalized spacial score (nSPS) is 10.6. The van der Waals surface area contributed by atoms with Gasteiger partial charge in [0.1, 0.15) is 0 Å². The van der Waals surface area contributed by atoms with E-state index in [2.05, 4.69) is 141 Å². The van der Waals surface area contributed by atoms with Crippen molar-refractivity contribution >= 4 is 12.2 Å². The summed E-state index contributed by atoms with van der Waals surface area (Å²) in [6.45, 7) is 29.2. The monoisotopic (exact) mass is 747 g/mol. The molecule has 0 N–H and O–H groups in total. The molecule has 0 atom stereocenters. The van der Waals surface area contributed by atoms with Crippen molar-refractivity contribution < 1.29 is 21.1 Å². The Bertz CT molecular complexity index is 1170. The molecule has 0 amide bonds. The summed E-state index contributed by atoms with van der Waals surface area (Å²) in [6, 6.07) is 12.7. The third kappa shape index (κ3) is 14.4. The fourth-order valence-corrected chi connectivity index (χ4v) is 3.64. The fraction of sp³-hybridized carbons (Fsp3) is 0.333. The standard InChI is InChI=1S/C18H24N2.C16H18.C3H8.2CH3.Pt/c1-17(2,3)13-7-9-19-15(11-13)16-12-14(8-10-20-16)18(4,5)6;1-5-7-9-15-11-12-16(10-8-6-2)14(4)13(15)3;1-3-2;;;/h7-12H,1-6H3;5-12H,1-2H2,3-4H3;3H2,1-2H3;2*1H3;/q;;;2*-1;+2/b;9-7-,10-8-;;;;. The van der Waals surface area contributed by atoms with Crippen molar-refractivity contribution in [3.05, 3.63) is 134 Å². The van der Waals surface area contributed by atoms with Gasteiger partial charge >= 0.3 is 21.1 Å². The molecule has 0 unspecified atom stereocenters. The molecule has 0 saturated heterocycles. The summed E-state index contributed by atoms with van der Waals surface area (Å²) in [5.41, 5.74) is 9.82. The van der Waals surface area contributed by atoms with Crippen LogP contribution in [0.5, 0.6) is 0 Å². The number of aromatic nitrogens is 2. The summed E-state index contributed by atoms with van der Waals surface area (Å²) >= 11 is 0. The molecule has 0 aliphatic heterocycles. The van der Waals surface area contributed by atoms with Gasteiger partial charge in [0, 0.05) is 12.4 Å². The summed E-state index contributed by atoms with van der Waals surface area (Å²) in [7, 11) is 0. The zero-order valence-electron chi connectivity index (χ0n) is 28.4. The molecule has 0 spiro atoms. The first kappa shape index (κ1) is 43.6. The van der Waals surface area contributed by atoms with Crippen LogP contribution in [0.3, 0.4) is 0 Å². The van der Waals surface area contributed by atoms with Gasteiger partial charge in [0.25, 0.3) is 0 Å². The second-order valence-corrected chi connectivity index (χ2v) is 11.8. The minimum absolute atomic E-state index is 0. The average Bonchev–Trinajstić information content (AvgIpc) is 2.89. The summed E-state index contributed by atoms with van der Waals surface area (Å²) in [5.74, 6) is 0. The van der Waals surface area contributed by atoms with Gasteiger partial charge in [-0.05, 0) is 82.3 Å². The van der Waals surface area contributed by atoms with E-state index in [1.807, 2.05) is 24.5 Å². The molecular weight excluding hydrogens is 692 g/mol. The van der Waals surface area contributed by atoms with Gasteiger partial charge in [0.15, 0.2) is 0 Å². The number of hydrogen-bond donors (Lipinski definition) is 0. The molecule has 0 radical (unpaired) electrons. The Morgan fingerprint density at radius 2 is 0.952 bits per heavy atom. The van der Waals surface area contributed by atoms with Crippen molar-refractivity contribution in [1.82, 2.24) is 9.97 Å². The van der Waals surface area contributed by atoms with E-state index >= 15 is 0 Å². The van der Waals surface area contributed by atoms with Gasteiger partial charge in [-0.25, -0.2) is 0 Å². The second kappa shape index (κ2) is 21.0. The summed E-state index contributed by atoms with van der Waals surface area (Å²) in [4.78, 5) is 8.97. The molecule has 2 aromatic heterocycles. The van der Waals surface area contributed by atoms with E-state index in [4.69, 9.17) is 0 Å². The number of nitrogens with zero attached hydrogens (tertiary/aromatic N) is 2. The molecular formula is C39H56N2Pt. The SMILES string of the molecule is C=C/C=C\c1ccc(/C=C\C=C)c(C)c1C.CC(C)(C)c1ccnc(-c2cc(C(C)(C)C)ccn2)c1.CCC.[CH3-].[CH3-].[Pt+2]. The first-order valence-corrected chi connectivity index (χ1v) is 13.9.